The number of nitrogens with two attached hydrogens (primary N) is 1. The molecule has 1 aromatic rings. The molecule has 0 aliphatic rings. The molecule has 0 aliphatic carbocycles. The van der Waals surface area contributed by atoms with Crippen LogP contribution in [-0.2, 0) is 11.3 Å². The lowest BCUT2D eigenvalue weighted by Gasteiger charge is -2.21. The van der Waals surface area contributed by atoms with Crippen LogP contribution in [0.3, 0.4) is 0 Å². The summed E-state index contributed by atoms with van der Waals surface area (Å²) >= 11 is 0. The Morgan fingerprint density at radius 1 is 1.62 bits per heavy atom. The van der Waals surface area contributed by atoms with Crippen molar-refractivity contribution in [3.8, 4) is 0 Å². The summed E-state index contributed by atoms with van der Waals surface area (Å²) in [6.07, 6.45) is 2.13. The minimum Gasteiger partial charge on any atom is -0.467 e. The predicted octanol–water partition coefficient (Wildman–Crippen LogP) is 1.61. The summed E-state index contributed by atoms with van der Waals surface area (Å²) in [5.41, 5.74) is 5.51. The molecule has 1 unspecified atom stereocenters. The van der Waals surface area contributed by atoms with Crippen LogP contribution in [0, 0.1) is 5.92 Å². The fourth-order valence-electron chi connectivity index (χ4n) is 1.48. The first-order valence-electron chi connectivity index (χ1n) is 5.67. The summed E-state index contributed by atoms with van der Waals surface area (Å²) in [5, 5.41) is 0. The van der Waals surface area contributed by atoms with Gasteiger partial charge in [-0.2, -0.15) is 0 Å². The summed E-state index contributed by atoms with van der Waals surface area (Å²) in [7, 11) is 0. The molecule has 1 rings (SSSR count). The molecule has 90 valence electrons. The quantitative estimate of drug-likeness (QED) is 0.798. The second-order valence-corrected chi connectivity index (χ2v) is 4.03. The number of hydrogen-bond donors (Lipinski definition) is 1. The Labute approximate surface area is 96.4 Å². The lowest BCUT2D eigenvalue weighted by atomic mass is 10.1. The average molecular weight is 224 g/mol. The third-order valence-electron chi connectivity index (χ3n) is 2.59. The van der Waals surface area contributed by atoms with E-state index < -0.39 is 0 Å². The number of rotatable bonds is 6. The maximum absolute atomic E-state index is 11.9. The maximum Gasteiger partial charge on any atom is 0.223 e. The van der Waals surface area contributed by atoms with Gasteiger partial charge in [-0.05, 0) is 31.5 Å². The molecule has 1 atom stereocenters. The largest absolute Gasteiger partial charge is 0.467 e. The van der Waals surface area contributed by atoms with Gasteiger partial charge >= 0.3 is 0 Å². The highest BCUT2D eigenvalue weighted by molar-refractivity contribution is 5.76. The Hall–Kier alpha value is -1.29. The highest BCUT2D eigenvalue weighted by atomic mass is 16.3. The van der Waals surface area contributed by atoms with Crippen LogP contribution in [0.25, 0.3) is 0 Å². The van der Waals surface area contributed by atoms with Crippen LogP contribution >= 0.6 is 0 Å². The number of hydrogen-bond acceptors (Lipinski definition) is 3. The van der Waals surface area contributed by atoms with E-state index in [1.807, 2.05) is 26.0 Å². The molecule has 1 heterocycles. The molecule has 0 bridgehead atoms. The highest BCUT2D eigenvalue weighted by Gasteiger charge is 2.15. The Morgan fingerprint density at radius 2 is 2.38 bits per heavy atom. The Balaban J connectivity index is 2.50. The Morgan fingerprint density at radius 3 is 2.88 bits per heavy atom. The first kappa shape index (κ1) is 12.8. The topological polar surface area (TPSA) is 59.5 Å². The van der Waals surface area contributed by atoms with Crippen LogP contribution in [0.15, 0.2) is 22.8 Å². The van der Waals surface area contributed by atoms with Crippen LogP contribution in [-0.4, -0.2) is 23.9 Å². The normalized spacial score (nSPS) is 12.4. The molecule has 1 aromatic heterocycles. The van der Waals surface area contributed by atoms with Crippen molar-refractivity contribution >= 4 is 5.91 Å². The van der Waals surface area contributed by atoms with Gasteiger partial charge in [0.25, 0.3) is 0 Å². The van der Waals surface area contributed by atoms with Crippen LogP contribution < -0.4 is 5.73 Å². The third kappa shape index (κ3) is 3.70. The van der Waals surface area contributed by atoms with Gasteiger partial charge in [-0.15, -0.1) is 0 Å². The zero-order valence-electron chi connectivity index (χ0n) is 9.98. The van der Waals surface area contributed by atoms with E-state index in [0.717, 1.165) is 5.76 Å². The van der Waals surface area contributed by atoms with Crippen LogP contribution in [0.4, 0.5) is 0 Å². The van der Waals surface area contributed by atoms with Gasteiger partial charge in [-0.1, -0.05) is 6.92 Å². The van der Waals surface area contributed by atoms with Gasteiger partial charge in [0.05, 0.1) is 12.8 Å². The summed E-state index contributed by atoms with van der Waals surface area (Å²) < 4.78 is 5.23. The van der Waals surface area contributed by atoms with E-state index in [1.54, 1.807) is 11.2 Å². The smallest absolute Gasteiger partial charge is 0.223 e. The number of furan rings is 1. The number of amides is 1. The van der Waals surface area contributed by atoms with E-state index in [2.05, 4.69) is 0 Å². The van der Waals surface area contributed by atoms with Gasteiger partial charge in [0.1, 0.15) is 5.76 Å². The molecule has 4 nitrogen and oxygen atoms in total. The average Bonchev–Trinajstić information content (AvgIpc) is 2.78. The fourth-order valence-corrected chi connectivity index (χ4v) is 1.48. The maximum atomic E-state index is 11.9. The SMILES string of the molecule is CCN(Cc1ccco1)C(=O)CC(C)CN. The van der Waals surface area contributed by atoms with E-state index >= 15 is 0 Å². The second-order valence-electron chi connectivity index (χ2n) is 4.03. The summed E-state index contributed by atoms with van der Waals surface area (Å²) in [4.78, 5) is 13.7. The van der Waals surface area contributed by atoms with Gasteiger partial charge in [0.2, 0.25) is 5.91 Å². The van der Waals surface area contributed by atoms with Gasteiger partial charge in [-0.25, -0.2) is 0 Å². The van der Waals surface area contributed by atoms with Gasteiger partial charge in [0.15, 0.2) is 0 Å². The van der Waals surface area contributed by atoms with Crippen molar-refractivity contribution < 1.29 is 9.21 Å². The van der Waals surface area contributed by atoms with Crippen molar-refractivity contribution in [3.63, 3.8) is 0 Å². The molecular formula is C12H20N2O2. The minimum absolute atomic E-state index is 0.136. The van der Waals surface area contributed by atoms with Gasteiger partial charge in [-0.3, -0.25) is 4.79 Å². The second kappa shape index (κ2) is 6.33. The molecule has 0 fully saturated rings. The van der Waals surface area contributed by atoms with Crippen molar-refractivity contribution in [1.29, 1.82) is 0 Å². The van der Waals surface area contributed by atoms with Crippen molar-refractivity contribution in [2.24, 2.45) is 11.7 Å². The van der Waals surface area contributed by atoms with E-state index in [0.29, 0.717) is 26.1 Å². The van der Waals surface area contributed by atoms with Gasteiger partial charge in [0, 0.05) is 13.0 Å². The van der Waals surface area contributed by atoms with Crippen molar-refractivity contribution in [2.75, 3.05) is 13.1 Å². The van der Waals surface area contributed by atoms with Gasteiger partial charge < -0.3 is 15.1 Å². The molecule has 0 saturated heterocycles. The molecule has 0 saturated carbocycles. The van der Waals surface area contributed by atoms with E-state index in [-0.39, 0.29) is 11.8 Å². The lowest BCUT2D eigenvalue weighted by Crippen LogP contribution is -2.32. The minimum atomic E-state index is 0.136. The standard InChI is InChI=1S/C12H20N2O2/c1-3-14(9-11-5-4-6-16-11)12(15)7-10(2)8-13/h4-6,10H,3,7-9,13H2,1-2H3. The van der Waals surface area contributed by atoms with Crippen molar-refractivity contribution in [1.82, 2.24) is 4.90 Å². The van der Waals surface area contributed by atoms with Crippen molar-refractivity contribution in [2.45, 2.75) is 26.8 Å². The Kier molecular flexibility index (Phi) is 5.05. The highest BCUT2D eigenvalue weighted by Crippen LogP contribution is 2.09. The predicted molar refractivity (Wildman–Crippen MR) is 62.6 cm³/mol. The number of carbonyl (C=O) groups excluding carboxylic acids is 1. The third-order valence-corrected chi connectivity index (χ3v) is 2.59. The Bertz CT molecular complexity index is 309. The van der Waals surface area contributed by atoms with Crippen LogP contribution in [0.1, 0.15) is 26.0 Å². The number of nitrogens with zero attached hydrogens (tertiary/aromatic N) is 1. The van der Waals surface area contributed by atoms with E-state index in [1.165, 1.54) is 0 Å². The zero-order valence-corrected chi connectivity index (χ0v) is 9.98. The lowest BCUT2D eigenvalue weighted by molar-refractivity contribution is -0.132. The molecule has 4 heteroatoms. The van der Waals surface area contributed by atoms with E-state index in [4.69, 9.17) is 10.2 Å². The first-order chi connectivity index (χ1) is 7.67. The zero-order chi connectivity index (χ0) is 12.0. The molecule has 0 aliphatic heterocycles. The summed E-state index contributed by atoms with van der Waals surface area (Å²) in [6.45, 7) is 5.73. The molecule has 0 spiro atoms. The summed E-state index contributed by atoms with van der Waals surface area (Å²) in [6, 6.07) is 3.71. The molecule has 0 aromatic carbocycles. The fraction of sp³-hybridized carbons (Fsp3) is 0.583. The molecule has 2 N–H and O–H groups in total. The van der Waals surface area contributed by atoms with Crippen LogP contribution in [0.2, 0.25) is 0 Å². The molecular weight excluding hydrogens is 204 g/mol. The molecule has 16 heavy (non-hydrogen) atoms. The number of carbonyl (C=O) groups is 1. The van der Waals surface area contributed by atoms with Crippen molar-refractivity contribution in [3.05, 3.63) is 24.2 Å². The molecule has 0 radical (unpaired) electrons. The first-order valence-corrected chi connectivity index (χ1v) is 5.67. The monoisotopic (exact) mass is 224 g/mol. The molecule has 1 amide bonds. The van der Waals surface area contributed by atoms with Crippen LogP contribution in [0.5, 0.6) is 0 Å². The summed E-state index contributed by atoms with van der Waals surface area (Å²) in [5.74, 6) is 1.19. The van der Waals surface area contributed by atoms with E-state index in [9.17, 15) is 4.79 Å².